The SMILES string of the molecule is CS(=O)(=O)N[C@H]1C[C@H](C(=O)O)N(C(=O)O)C1. The number of aliphatic carboxylic acids is 1. The lowest BCUT2D eigenvalue weighted by molar-refractivity contribution is -0.141. The van der Waals surface area contributed by atoms with Crippen LogP contribution in [0.3, 0.4) is 0 Å². The molecule has 1 heterocycles. The molecular formula is C7H12N2O6S. The Bertz CT molecular complexity index is 383. The summed E-state index contributed by atoms with van der Waals surface area (Å²) in [4.78, 5) is 22.2. The Kier molecular flexibility index (Phi) is 3.38. The highest BCUT2D eigenvalue weighted by Gasteiger charge is 2.40. The van der Waals surface area contributed by atoms with Crippen molar-refractivity contribution in [3.63, 3.8) is 0 Å². The predicted octanol–water partition coefficient (Wildman–Crippen LogP) is -1.26. The topological polar surface area (TPSA) is 124 Å². The Morgan fingerprint density at radius 1 is 1.38 bits per heavy atom. The van der Waals surface area contributed by atoms with E-state index in [0.29, 0.717) is 4.90 Å². The minimum Gasteiger partial charge on any atom is -0.480 e. The summed E-state index contributed by atoms with van der Waals surface area (Å²) in [6.07, 6.45) is -0.494. The quantitative estimate of drug-likeness (QED) is 0.576. The monoisotopic (exact) mass is 252 g/mol. The molecule has 0 aromatic rings. The molecule has 1 amide bonds. The highest BCUT2D eigenvalue weighted by molar-refractivity contribution is 7.88. The highest BCUT2D eigenvalue weighted by Crippen LogP contribution is 2.18. The molecule has 9 heteroatoms. The molecule has 1 rings (SSSR count). The Morgan fingerprint density at radius 2 is 1.94 bits per heavy atom. The average Bonchev–Trinajstić information content (AvgIpc) is 2.44. The summed E-state index contributed by atoms with van der Waals surface area (Å²) in [5, 5.41) is 17.5. The molecule has 1 saturated heterocycles. The summed E-state index contributed by atoms with van der Waals surface area (Å²) < 4.78 is 24.0. The van der Waals surface area contributed by atoms with Gasteiger partial charge in [-0.15, -0.1) is 0 Å². The van der Waals surface area contributed by atoms with Crippen molar-refractivity contribution < 1.29 is 28.2 Å². The highest BCUT2D eigenvalue weighted by atomic mass is 32.2. The van der Waals surface area contributed by atoms with Gasteiger partial charge in [-0.1, -0.05) is 0 Å². The van der Waals surface area contributed by atoms with Gasteiger partial charge in [0.05, 0.1) is 6.26 Å². The molecule has 1 aliphatic rings. The second-order valence-corrected chi connectivity index (χ2v) is 5.39. The van der Waals surface area contributed by atoms with Crippen molar-refractivity contribution in [1.82, 2.24) is 9.62 Å². The van der Waals surface area contributed by atoms with Crippen molar-refractivity contribution in [3.05, 3.63) is 0 Å². The van der Waals surface area contributed by atoms with Gasteiger partial charge in [-0.2, -0.15) is 0 Å². The molecule has 92 valence electrons. The Labute approximate surface area is 91.9 Å². The van der Waals surface area contributed by atoms with Crippen LogP contribution in [-0.2, 0) is 14.8 Å². The Balaban J connectivity index is 2.77. The number of carboxylic acid groups (broad SMARTS) is 2. The van der Waals surface area contributed by atoms with Gasteiger partial charge in [0.15, 0.2) is 0 Å². The van der Waals surface area contributed by atoms with Crippen LogP contribution in [0.25, 0.3) is 0 Å². The van der Waals surface area contributed by atoms with Crippen LogP contribution in [0.1, 0.15) is 6.42 Å². The van der Waals surface area contributed by atoms with Gasteiger partial charge in [-0.05, 0) is 6.42 Å². The standard InChI is InChI=1S/C7H12N2O6S/c1-16(14,15)8-4-2-5(6(10)11)9(3-4)7(12)13/h4-5,8H,2-3H2,1H3,(H,10,11)(H,12,13)/t4-,5+/m0/s1. The van der Waals surface area contributed by atoms with Crippen LogP contribution < -0.4 is 4.72 Å². The summed E-state index contributed by atoms with van der Waals surface area (Å²) in [5.41, 5.74) is 0. The third-order valence-corrected chi connectivity index (χ3v) is 2.97. The molecule has 0 aliphatic carbocycles. The van der Waals surface area contributed by atoms with Gasteiger partial charge in [0.2, 0.25) is 10.0 Å². The zero-order valence-corrected chi connectivity index (χ0v) is 9.27. The average molecular weight is 252 g/mol. The Hall–Kier alpha value is -1.35. The largest absolute Gasteiger partial charge is 0.480 e. The number of hydrogen-bond donors (Lipinski definition) is 3. The second kappa shape index (κ2) is 4.26. The third-order valence-electron chi connectivity index (χ3n) is 2.21. The molecule has 0 aromatic heterocycles. The van der Waals surface area contributed by atoms with E-state index in [-0.39, 0.29) is 13.0 Å². The van der Waals surface area contributed by atoms with Crippen molar-refractivity contribution in [2.45, 2.75) is 18.5 Å². The van der Waals surface area contributed by atoms with Gasteiger partial charge in [0.25, 0.3) is 0 Å². The lowest BCUT2D eigenvalue weighted by atomic mass is 10.2. The zero-order valence-electron chi connectivity index (χ0n) is 8.45. The van der Waals surface area contributed by atoms with Crippen LogP contribution in [0.4, 0.5) is 4.79 Å². The van der Waals surface area contributed by atoms with E-state index >= 15 is 0 Å². The molecule has 8 nitrogen and oxygen atoms in total. The van der Waals surface area contributed by atoms with E-state index in [1.54, 1.807) is 0 Å². The predicted molar refractivity (Wildman–Crippen MR) is 52.5 cm³/mol. The van der Waals surface area contributed by atoms with E-state index in [4.69, 9.17) is 10.2 Å². The third kappa shape index (κ3) is 3.07. The first-order valence-electron chi connectivity index (χ1n) is 4.40. The number of hydrogen-bond acceptors (Lipinski definition) is 4. The Morgan fingerprint density at radius 3 is 2.25 bits per heavy atom. The number of rotatable bonds is 3. The summed E-state index contributed by atoms with van der Waals surface area (Å²) in [7, 11) is -3.47. The lowest BCUT2D eigenvalue weighted by Gasteiger charge is -2.16. The van der Waals surface area contributed by atoms with Gasteiger partial charge < -0.3 is 10.2 Å². The number of sulfonamides is 1. The summed E-state index contributed by atoms with van der Waals surface area (Å²) in [6, 6.07) is -1.89. The van der Waals surface area contributed by atoms with E-state index in [1.165, 1.54) is 0 Å². The number of carbonyl (C=O) groups is 2. The van der Waals surface area contributed by atoms with Gasteiger partial charge in [-0.3, -0.25) is 4.90 Å². The maximum absolute atomic E-state index is 10.9. The number of amides is 1. The van der Waals surface area contributed by atoms with Crippen LogP contribution in [0.5, 0.6) is 0 Å². The van der Waals surface area contributed by atoms with E-state index < -0.39 is 34.2 Å². The first-order chi connectivity index (χ1) is 7.20. The number of carboxylic acids is 1. The molecule has 1 fully saturated rings. The summed E-state index contributed by atoms with van der Waals surface area (Å²) in [5.74, 6) is -1.28. The van der Waals surface area contributed by atoms with Crippen LogP contribution in [0.2, 0.25) is 0 Å². The molecule has 0 saturated carbocycles. The normalized spacial score (nSPS) is 25.7. The van der Waals surface area contributed by atoms with Crippen molar-refractivity contribution in [2.75, 3.05) is 12.8 Å². The fourth-order valence-corrected chi connectivity index (χ4v) is 2.45. The smallest absolute Gasteiger partial charge is 0.408 e. The van der Waals surface area contributed by atoms with Crippen molar-refractivity contribution >= 4 is 22.1 Å². The number of nitrogens with one attached hydrogen (secondary N) is 1. The number of likely N-dealkylation sites (tertiary alicyclic amines) is 1. The van der Waals surface area contributed by atoms with E-state index in [2.05, 4.69) is 4.72 Å². The van der Waals surface area contributed by atoms with Crippen molar-refractivity contribution in [2.24, 2.45) is 0 Å². The summed E-state index contributed by atoms with van der Waals surface area (Å²) in [6.45, 7) is -0.153. The minimum atomic E-state index is -3.47. The first-order valence-corrected chi connectivity index (χ1v) is 6.29. The van der Waals surface area contributed by atoms with Crippen LogP contribution in [-0.4, -0.2) is 60.5 Å². The fourth-order valence-electron chi connectivity index (χ4n) is 1.67. The van der Waals surface area contributed by atoms with Gasteiger partial charge in [0.1, 0.15) is 6.04 Å². The molecule has 16 heavy (non-hydrogen) atoms. The van der Waals surface area contributed by atoms with Crippen LogP contribution in [0.15, 0.2) is 0 Å². The maximum Gasteiger partial charge on any atom is 0.408 e. The molecule has 0 spiro atoms. The fraction of sp³-hybridized carbons (Fsp3) is 0.714. The molecule has 0 radical (unpaired) electrons. The van der Waals surface area contributed by atoms with Gasteiger partial charge >= 0.3 is 12.1 Å². The van der Waals surface area contributed by atoms with Crippen LogP contribution in [0, 0.1) is 0 Å². The van der Waals surface area contributed by atoms with E-state index in [9.17, 15) is 18.0 Å². The van der Waals surface area contributed by atoms with E-state index in [1.807, 2.05) is 0 Å². The maximum atomic E-state index is 10.9. The van der Waals surface area contributed by atoms with E-state index in [0.717, 1.165) is 6.26 Å². The zero-order chi connectivity index (χ0) is 12.5. The molecule has 0 unspecified atom stereocenters. The van der Waals surface area contributed by atoms with Gasteiger partial charge in [0, 0.05) is 12.6 Å². The number of nitrogens with zero attached hydrogens (tertiary/aromatic N) is 1. The molecular weight excluding hydrogens is 240 g/mol. The minimum absolute atomic E-state index is 0.0608. The lowest BCUT2D eigenvalue weighted by Crippen LogP contribution is -2.40. The molecule has 2 atom stereocenters. The molecule has 1 aliphatic heterocycles. The van der Waals surface area contributed by atoms with Crippen LogP contribution >= 0.6 is 0 Å². The second-order valence-electron chi connectivity index (χ2n) is 3.61. The molecule has 0 bridgehead atoms. The van der Waals surface area contributed by atoms with Crippen molar-refractivity contribution in [3.8, 4) is 0 Å². The first kappa shape index (κ1) is 12.7. The molecule has 3 N–H and O–H groups in total. The molecule has 0 aromatic carbocycles. The van der Waals surface area contributed by atoms with Gasteiger partial charge in [-0.25, -0.2) is 22.7 Å². The summed E-state index contributed by atoms with van der Waals surface area (Å²) >= 11 is 0. The van der Waals surface area contributed by atoms with Crippen molar-refractivity contribution in [1.29, 1.82) is 0 Å².